The fourth-order valence-electron chi connectivity index (χ4n) is 0. The van der Waals surface area contributed by atoms with Crippen molar-refractivity contribution in [2.24, 2.45) is 0 Å². The fourth-order valence-corrected chi connectivity index (χ4v) is 0. The first-order valence-corrected chi connectivity index (χ1v) is 17.5. The van der Waals surface area contributed by atoms with Crippen molar-refractivity contribution in [1.29, 1.82) is 0 Å². The summed E-state index contributed by atoms with van der Waals surface area (Å²) in [5.74, 6) is 0. The van der Waals surface area contributed by atoms with Crippen molar-refractivity contribution in [1.82, 2.24) is 0 Å². The molecule has 0 aliphatic rings. The Hall–Kier alpha value is 4.31. The molecule has 0 aromatic rings. The second kappa shape index (κ2) is 310. The fraction of sp³-hybridized carbons (Fsp3) is 1.00. The molecule has 0 aromatic heterocycles. The molecule has 0 spiro atoms. The van der Waals surface area contributed by atoms with Crippen LogP contribution in [0.2, 0.25) is 0 Å². The Balaban J connectivity index is -0.00000000623. The van der Waals surface area contributed by atoms with Crippen LogP contribution in [0.1, 0.15) is 111 Å². The van der Waals surface area contributed by atoms with Crippen LogP contribution in [0, 0.1) is 0 Å². The van der Waals surface area contributed by atoms with Crippen LogP contribution >= 0.6 is 0 Å². The van der Waals surface area contributed by atoms with Crippen LogP contribution in [0.15, 0.2) is 0 Å². The van der Waals surface area contributed by atoms with Crippen LogP contribution in [-0.4, -0.2) is 330 Å². The van der Waals surface area contributed by atoms with Gasteiger partial charge in [-0.3, -0.25) is 0 Å². The molecule has 0 aliphatic heterocycles. The molecule has 0 amide bonds. The molecule has 0 saturated carbocycles. The summed E-state index contributed by atoms with van der Waals surface area (Å²) in [4.78, 5) is 0. The van der Waals surface area contributed by atoms with E-state index in [0.29, 0.717) is 0 Å². The summed E-state index contributed by atoms with van der Waals surface area (Å²) in [6.07, 6.45) is -18.7. The van der Waals surface area contributed by atoms with Crippen LogP contribution in [-0.2, 0) is 227 Å². The third-order valence-corrected chi connectivity index (χ3v) is 0. The summed E-state index contributed by atoms with van der Waals surface area (Å²) in [6.45, 7) is 20.4. The zero-order valence-electron chi connectivity index (χ0n) is 52.4. The number of aliphatic hydroxyl groups excluding tert-OH is 16. The van der Waals surface area contributed by atoms with E-state index in [1.54, 1.807) is 0 Å². The van der Waals surface area contributed by atoms with Crippen LogP contribution < -0.4 is 0 Å². The number of aliphatic hydroxyl groups is 32. The average molecular weight is 1940 g/mol. The molecule has 12 radical (unpaired) electrons. The van der Waals surface area contributed by atoms with Crippen molar-refractivity contribution >= 4 is 0 Å². The van der Waals surface area contributed by atoms with Gasteiger partial charge in [0.05, 0.1) is 0 Å². The van der Waals surface area contributed by atoms with Crippen LogP contribution in [0.3, 0.4) is 0 Å². The van der Waals surface area contributed by atoms with Gasteiger partial charge in [-0.05, 0) is 111 Å². The standard InChI is InChI=1S/16C2H6O2.12Mn.16H2O/c16*1-2(3)4;;;;;;;;;;;;;;;;;;;;;;;;;;;;/h16*2-4H,1H3;;;;;;;;;;;;;16*1H2/p+4. The third kappa shape index (κ3) is 44100. The van der Waals surface area contributed by atoms with Gasteiger partial charge in [0.25, 0.3) is 0 Å². The van der Waals surface area contributed by atoms with E-state index in [0.717, 1.165) is 0 Å². The van der Waals surface area contributed by atoms with Crippen LogP contribution in [0.25, 0.3) is 0 Å². The summed E-state index contributed by atoms with van der Waals surface area (Å²) in [5.41, 5.74) is 0. The first kappa shape index (κ1) is 320. The Bertz CT molecular complexity index is 397. The molecular formula is C32H132Mn12O48+4. The molecule has 48 nitrogen and oxygen atoms in total. The summed E-state index contributed by atoms with van der Waals surface area (Å²) in [6, 6.07) is 0. The van der Waals surface area contributed by atoms with Crippen molar-refractivity contribution in [3.8, 4) is 0 Å². The van der Waals surface area contributed by atoms with Crippen LogP contribution in [0.5, 0.6) is 0 Å². The van der Waals surface area contributed by atoms with E-state index < -0.39 is 101 Å². The molecule has 92 heavy (non-hydrogen) atoms. The predicted molar refractivity (Wildman–Crippen MR) is 285 cm³/mol. The van der Waals surface area contributed by atoms with Gasteiger partial charge in [0.1, 0.15) is 101 Å². The van der Waals surface area contributed by atoms with E-state index in [1.165, 1.54) is 111 Å². The van der Waals surface area contributed by atoms with E-state index in [1.807, 2.05) is 0 Å². The van der Waals surface area contributed by atoms with Gasteiger partial charge in [-0.2, -0.15) is 0 Å². The predicted octanol–water partition coefficient (Wildman–Crippen LogP) is -24.5. The van der Waals surface area contributed by atoms with Gasteiger partial charge < -0.3 is 251 Å². The van der Waals surface area contributed by atoms with Crippen molar-refractivity contribution in [2.45, 2.75) is 211 Å². The minimum atomic E-state index is -1.17. The Morgan fingerprint density at radius 3 is 0.0978 bits per heavy atom. The quantitative estimate of drug-likeness (QED) is 0.0608. The molecule has 60 heteroatoms. The molecule has 0 aromatic carbocycles. The molecule has 0 bridgehead atoms. The maximum Gasteiger partial charge on any atom is 0.148 e. The molecule has 0 aliphatic carbocycles. The molecule has 0 fully saturated rings. The van der Waals surface area contributed by atoms with Gasteiger partial charge in [-0.1, -0.05) is 0 Å². The smallest absolute Gasteiger partial charge is 0.148 e. The minimum Gasteiger partial charge on any atom is -0.457 e. The minimum absolute atomic E-state index is 0. The van der Waals surface area contributed by atoms with Crippen molar-refractivity contribution in [2.75, 3.05) is 0 Å². The SMILES string of the molecule is CC(O)O.CC(O)O.CC(O)O.CC(O)O.CC(O)O.CC(O)O.CC(O)O.CC(O)O.CC(O)O.CC(O)O.CC(O)O.CC(O)O.CC(O)O.CC(O)O.CC(O)O.CC(O)O.O.O.O.O.O.O.O.O.O.O.O.O.[Mn].[Mn].[Mn].[Mn].[Mn].[Mn].[Mn].[Mn].[Mn].[Mn].[Mn].[Mn].[OH3+].[OH3+].[OH3+].[OH3+]. The Morgan fingerprint density at radius 2 is 0.0978 bits per heavy atom. The molecule has 0 unspecified atom stereocenters. The Morgan fingerprint density at radius 1 is 0.0978 bits per heavy atom. The van der Waals surface area contributed by atoms with Gasteiger partial charge in [0.2, 0.25) is 0 Å². The van der Waals surface area contributed by atoms with Gasteiger partial charge in [0.15, 0.2) is 0 Å². The summed E-state index contributed by atoms with van der Waals surface area (Å²) < 4.78 is 0. The molecule has 0 atom stereocenters. The van der Waals surface area contributed by atoms with E-state index in [-0.39, 0.29) is 292 Å². The summed E-state index contributed by atoms with van der Waals surface area (Å²) >= 11 is 0. The largest absolute Gasteiger partial charge is 0.457 e. The molecule has 0 saturated heterocycles. The monoisotopic (exact) mass is 1940 g/mol. The topological polar surface area (TPSA) is 1160 Å². The zero-order chi connectivity index (χ0) is 57.2. The summed E-state index contributed by atoms with van der Waals surface area (Å²) in [5, 5.41) is 244. The molecule has 0 heterocycles. The second-order valence-corrected chi connectivity index (χ2v) is 10.1. The number of hydrogen-bond donors (Lipinski definition) is 32. The molecular weight excluding hydrogens is 1810 g/mol. The van der Waals surface area contributed by atoms with E-state index in [4.69, 9.17) is 163 Å². The Labute approximate surface area is 661 Å². The van der Waals surface area contributed by atoms with Gasteiger partial charge in [-0.25, -0.2) is 0 Å². The number of rotatable bonds is 0. The first-order valence-electron chi connectivity index (χ1n) is 17.5. The van der Waals surface area contributed by atoms with Crippen molar-refractivity contribution in [3.63, 3.8) is 0 Å². The van der Waals surface area contributed by atoms with Gasteiger partial charge in [-0.15, -0.1) is 0 Å². The second-order valence-electron chi connectivity index (χ2n) is 10.1. The number of hydrogen-bond acceptors (Lipinski definition) is 32. The zero-order valence-corrected chi connectivity index (χ0v) is 66.6. The maximum absolute atomic E-state index is 7.61. The van der Waals surface area contributed by atoms with E-state index in [9.17, 15) is 0 Å². The van der Waals surface area contributed by atoms with Crippen molar-refractivity contribution < 1.29 is 456 Å². The van der Waals surface area contributed by atoms with E-state index in [2.05, 4.69) is 0 Å². The molecule has 0 rings (SSSR count). The molecule has 628 valence electrons. The first-order chi connectivity index (χ1) is 27.7. The maximum atomic E-state index is 7.61. The van der Waals surface area contributed by atoms with Crippen molar-refractivity contribution in [3.05, 3.63) is 0 Å². The van der Waals surface area contributed by atoms with Crippen LogP contribution in [0.4, 0.5) is 0 Å². The summed E-state index contributed by atoms with van der Waals surface area (Å²) in [7, 11) is 0. The van der Waals surface area contributed by atoms with Gasteiger partial charge in [0, 0.05) is 205 Å². The van der Waals surface area contributed by atoms with Gasteiger partial charge >= 0.3 is 0 Å². The molecule has 68 N–H and O–H groups in total. The normalized spacial score (nSPS) is 6.26. The average Bonchev–Trinajstić information content (AvgIpc) is 2.83. The Kier molecular flexibility index (Phi) is 1080. The third-order valence-electron chi connectivity index (χ3n) is 0. The van der Waals surface area contributed by atoms with E-state index >= 15 is 0 Å².